The zero-order valence-corrected chi connectivity index (χ0v) is 10.7. The largest absolute Gasteiger partial charge is 0.504 e. The van der Waals surface area contributed by atoms with E-state index in [1.54, 1.807) is 6.92 Å². The van der Waals surface area contributed by atoms with Gasteiger partial charge in [-0.1, -0.05) is 13.8 Å². The second kappa shape index (κ2) is 8.11. The first-order valence-electron chi connectivity index (χ1n) is 5.51. The summed E-state index contributed by atoms with van der Waals surface area (Å²) < 4.78 is 4.78. The summed E-state index contributed by atoms with van der Waals surface area (Å²) in [5.41, 5.74) is 0.486. The number of aldehydes is 1. The van der Waals surface area contributed by atoms with Crippen molar-refractivity contribution in [2.24, 2.45) is 5.92 Å². The van der Waals surface area contributed by atoms with Crippen LogP contribution in [0.3, 0.4) is 0 Å². The molecular formula is C13H18O5. The van der Waals surface area contributed by atoms with Crippen LogP contribution in [0.25, 0.3) is 0 Å². The molecule has 1 atom stereocenters. The van der Waals surface area contributed by atoms with Crippen molar-refractivity contribution in [1.82, 2.24) is 0 Å². The van der Waals surface area contributed by atoms with Crippen molar-refractivity contribution in [2.45, 2.75) is 20.3 Å². The Hall–Kier alpha value is -2.04. The summed E-state index contributed by atoms with van der Waals surface area (Å²) in [6.45, 7) is 3.56. The number of carbonyl (C=O) groups excluding carboxylic acids is 1. The minimum atomic E-state index is -0.706. The predicted octanol–water partition coefficient (Wildman–Crippen LogP) is 2.33. The summed E-state index contributed by atoms with van der Waals surface area (Å²) in [6.07, 6.45) is 1.41. The summed E-state index contributed by atoms with van der Waals surface area (Å²) in [4.78, 5) is 20.2. The number of hydrogen-bond donors (Lipinski definition) is 2. The molecule has 0 fully saturated rings. The molecule has 1 aromatic carbocycles. The van der Waals surface area contributed by atoms with Crippen LogP contribution in [0.15, 0.2) is 18.2 Å². The zero-order chi connectivity index (χ0) is 14.1. The van der Waals surface area contributed by atoms with Crippen LogP contribution in [0.2, 0.25) is 0 Å². The normalized spacial score (nSPS) is 10.8. The average molecular weight is 254 g/mol. The van der Waals surface area contributed by atoms with Gasteiger partial charge in [0, 0.05) is 5.56 Å². The molecule has 100 valence electrons. The molecule has 0 aromatic heterocycles. The van der Waals surface area contributed by atoms with Gasteiger partial charge in [-0.05, 0) is 24.6 Å². The molecule has 0 radical (unpaired) electrons. The Morgan fingerprint density at radius 2 is 2.11 bits per heavy atom. The van der Waals surface area contributed by atoms with Gasteiger partial charge in [0.1, 0.15) is 6.29 Å². The Morgan fingerprint density at radius 3 is 2.44 bits per heavy atom. The number of ether oxygens (including phenoxy) is 1. The second-order valence-electron chi connectivity index (χ2n) is 3.70. The lowest BCUT2D eigenvalue weighted by atomic mass is 10.1. The summed E-state index contributed by atoms with van der Waals surface area (Å²) in [7, 11) is 1.43. The van der Waals surface area contributed by atoms with Gasteiger partial charge in [0.15, 0.2) is 11.5 Å². The lowest BCUT2D eigenvalue weighted by Crippen LogP contribution is -2.06. The summed E-state index contributed by atoms with van der Waals surface area (Å²) in [5, 5.41) is 17.3. The topological polar surface area (TPSA) is 83.8 Å². The van der Waals surface area contributed by atoms with Crippen LogP contribution < -0.4 is 4.74 Å². The molecule has 0 saturated heterocycles. The lowest BCUT2D eigenvalue weighted by Gasteiger charge is -2.01. The Kier molecular flexibility index (Phi) is 7.19. The SMILES string of the molecule is CCC(C)C(=O)O.COc1cc(C=O)ccc1O. The second-order valence-corrected chi connectivity index (χ2v) is 3.70. The maximum atomic E-state index is 10.2. The van der Waals surface area contributed by atoms with Crippen molar-refractivity contribution in [3.8, 4) is 11.5 Å². The smallest absolute Gasteiger partial charge is 0.306 e. The van der Waals surface area contributed by atoms with E-state index in [1.807, 2.05) is 6.92 Å². The molecule has 2 N–H and O–H groups in total. The van der Waals surface area contributed by atoms with Crippen molar-refractivity contribution in [1.29, 1.82) is 0 Å². The molecular weight excluding hydrogens is 236 g/mol. The zero-order valence-electron chi connectivity index (χ0n) is 10.7. The molecule has 1 aromatic rings. The van der Waals surface area contributed by atoms with E-state index in [-0.39, 0.29) is 11.7 Å². The number of carbonyl (C=O) groups is 2. The highest BCUT2D eigenvalue weighted by molar-refractivity contribution is 5.76. The summed E-state index contributed by atoms with van der Waals surface area (Å²) >= 11 is 0. The number of methoxy groups -OCH3 is 1. The number of aliphatic carboxylic acids is 1. The van der Waals surface area contributed by atoms with Crippen LogP contribution in [0.1, 0.15) is 30.6 Å². The molecule has 1 rings (SSSR count). The molecule has 5 nitrogen and oxygen atoms in total. The molecule has 0 spiro atoms. The van der Waals surface area contributed by atoms with Crippen LogP contribution in [0.5, 0.6) is 11.5 Å². The van der Waals surface area contributed by atoms with Gasteiger partial charge in [0.25, 0.3) is 0 Å². The molecule has 0 saturated carbocycles. The minimum Gasteiger partial charge on any atom is -0.504 e. The third-order valence-corrected chi connectivity index (χ3v) is 2.37. The highest BCUT2D eigenvalue weighted by Crippen LogP contribution is 2.25. The molecule has 0 amide bonds. The van der Waals surface area contributed by atoms with Crippen molar-refractivity contribution in [2.75, 3.05) is 7.11 Å². The maximum absolute atomic E-state index is 10.2. The number of rotatable bonds is 4. The first-order valence-corrected chi connectivity index (χ1v) is 5.51. The van der Waals surface area contributed by atoms with Gasteiger partial charge in [-0.2, -0.15) is 0 Å². The number of benzene rings is 1. The number of aromatic hydroxyl groups is 1. The van der Waals surface area contributed by atoms with Crippen LogP contribution in [0.4, 0.5) is 0 Å². The van der Waals surface area contributed by atoms with E-state index in [4.69, 9.17) is 14.9 Å². The Bertz CT molecular complexity index is 400. The highest BCUT2D eigenvalue weighted by Gasteiger charge is 2.05. The lowest BCUT2D eigenvalue weighted by molar-refractivity contribution is -0.141. The van der Waals surface area contributed by atoms with Gasteiger partial charge in [-0.3, -0.25) is 9.59 Å². The van der Waals surface area contributed by atoms with E-state index >= 15 is 0 Å². The summed E-state index contributed by atoms with van der Waals surface area (Å²) in [6, 6.07) is 4.41. The monoisotopic (exact) mass is 254 g/mol. The van der Waals surface area contributed by atoms with E-state index in [9.17, 15) is 9.59 Å². The number of phenols is 1. The molecule has 18 heavy (non-hydrogen) atoms. The number of carboxylic acid groups (broad SMARTS) is 1. The Labute approximate surface area is 106 Å². The fraction of sp³-hybridized carbons (Fsp3) is 0.385. The average Bonchev–Trinajstić information content (AvgIpc) is 2.39. The third kappa shape index (κ3) is 5.34. The molecule has 1 unspecified atom stereocenters. The van der Waals surface area contributed by atoms with Crippen LogP contribution in [0, 0.1) is 5.92 Å². The standard InChI is InChI=1S/C8H8O3.C5H10O2/c1-11-8-4-6(5-9)2-3-7(8)10;1-3-4(2)5(6)7/h2-5,10H,1H3;4H,3H2,1-2H3,(H,6,7). The third-order valence-electron chi connectivity index (χ3n) is 2.37. The Balaban J connectivity index is 0.000000360. The first kappa shape index (κ1) is 16.0. The fourth-order valence-corrected chi connectivity index (χ4v) is 0.942. The quantitative estimate of drug-likeness (QED) is 0.805. The molecule has 0 heterocycles. The van der Waals surface area contributed by atoms with Crippen molar-refractivity contribution >= 4 is 12.3 Å². The van der Waals surface area contributed by atoms with Gasteiger partial charge >= 0.3 is 5.97 Å². The van der Waals surface area contributed by atoms with Gasteiger partial charge in [-0.25, -0.2) is 0 Å². The fourth-order valence-electron chi connectivity index (χ4n) is 0.942. The van der Waals surface area contributed by atoms with Crippen molar-refractivity contribution in [3.05, 3.63) is 23.8 Å². The maximum Gasteiger partial charge on any atom is 0.306 e. The molecule has 0 aliphatic heterocycles. The number of carboxylic acids is 1. The van der Waals surface area contributed by atoms with E-state index in [0.29, 0.717) is 17.6 Å². The predicted molar refractivity (Wildman–Crippen MR) is 67.1 cm³/mol. The van der Waals surface area contributed by atoms with Crippen molar-refractivity contribution in [3.63, 3.8) is 0 Å². The van der Waals surface area contributed by atoms with Gasteiger partial charge in [0.05, 0.1) is 13.0 Å². The highest BCUT2D eigenvalue weighted by atomic mass is 16.5. The van der Waals surface area contributed by atoms with Crippen LogP contribution in [-0.4, -0.2) is 29.6 Å². The van der Waals surface area contributed by atoms with E-state index in [2.05, 4.69) is 0 Å². The molecule has 0 aliphatic rings. The van der Waals surface area contributed by atoms with Crippen LogP contribution >= 0.6 is 0 Å². The van der Waals surface area contributed by atoms with E-state index < -0.39 is 5.97 Å². The number of hydrogen-bond acceptors (Lipinski definition) is 4. The first-order chi connectivity index (χ1) is 8.46. The van der Waals surface area contributed by atoms with Gasteiger partial charge < -0.3 is 14.9 Å². The number of phenolic OH excluding ortho intramolecular Hbond substituents is 1. The van der Waals surface area contributed by atoms with Gasteiger partial charge in [0.2, 0.25) is 0 Å². The van der Waals surface area contributed by atoms with E-state index in [1.165, 1.54) is 25.3 Å². The molecule has 5 heteroatoms. The van der Waals surface area contributed by atoms with Gasteiger partial charge in [-0.15, -0.1) is 0 Å². The molecule has 0 aliphatic carbocycles. The van der Waals surface area contributed by atoms with Crippen molar-refractivity contribution < 1.29 is 24.5 Å². The van der Waals surface area contributed by atoms with E-state index in [0.717, 1.165) is 6.42 Å². The van der Waals surface area contributed by atoms with Crippen LogP contribution in [-0.2, 0) is 4.79 Å². The Morgan fingerprint density at radius 1 is 1.50 bits per heavy atom. The minimum absolute atomic E-state index is 0.0399. The molecule has 0 bridgehead atoms. The summed E-state index contributed by atoms with van der Waals surface area (Å²) in [5.74, 6) is -0.532.